The molecule has 0 aromatic heterocycles. The van der Waals surface area contributed by atoms with Gasteiger partial charge in [-0.05, 0) is 36.5 Å². The van der Waals surface area contributed by atoms with E-state index in [1.165, 1.54) is 6.07 Å². The molecule has 2 N–H and O–H groups in total. The van der Waals surface area contributed by atoms with E-state index >= 15 is 0 Å². The Morgan fingerprint density at radius 1 is 1.25 bits per heavy atom. The van der Waals surface area contributed by atoms with Crippen molar-refractivity contribution in [3.63, 3.8) is 0 Å². The summed E-state index contributed by atoms with van der Waals surface area (Å²) >= 11 is 6.65. The fourth-order valence-electron chi connectivity index (χ4n) is 5.25. The van der Waals surface area contributed by atoms with Crippen LogP contribution in [0.3, 0.4) is 0 Å². The van der Waals surface area contributed by atoms with Gasteiger partial charge in [-0.2, -0.15) is 0 Å². The van der Waals surface area contributed by atoms with Crippen LogP contribution < -0.4 is 9.47 Å². The topological polar surface area (TPSA) is 76.0 Å². The Morgan fingerprint density at radius 3 is 2.88 bits per heavy atom. The molecule has 2 aromatic carbocycles. The molecule has 3 aliphatic rings. The Hall–Kier alpha value is -2.57. The van der Waals surface area contributed by atoms with Crippen LogP contribution in [0.4, 0.5) is 4.39 Å². The third-order valence-electron chi connectivity index (χ3n) is 6.95. The number of aryl methyl sites for hydroxylation is 1. The predicted octanol–water partition coefficient (Wildman–Crippen LogP) is 4.55. The summed E-state index contributed by atoms with van der Waals surface area (Å²) in [5.41, 5.74) is 1.28. The maximum atomic E-state index is 14.8. The molecule has 2 aromatic rings. The first-order valence-corrected chi connectivity index (χ1v) is 11.3. The van der Waals surface area contributed by atoms with Crippen LogP contribution in [0, 0.1) is 17.7 Å². The lowest BCUT2D eigenvalue weighted by molar-refractivity contribution is 0.0689. The number of hydrogen-bond acceptors (Lipinski definition) is 4. The summed E-state index contributed by atoms with van der Waals surface area (Å²) in [6, 6.07) is 10.6. The number of ether oxygens (including phenoxy) is 2. The SMILES string of the molecule is O=C(O)c1ccc2c(c1F)O[C@H]1C[C@@H](Cl)[C@H](/C=C/C(O)C3COc4ccccc43)[C@H]1CC2. The van der Waals surface area contributed by atoms with Crippen LogP contribution >= 0.6 is 11.6 Å². The lowest BCUT2D eigenvalue weighted by Gasteiger charge is -2.22. The maximum Gasteiger partial charge on any atom is 0.338 e. The fourth-order valence-corrected chi connectivity index (χ4v) is 5.70. The zero-order chi connectivity index (χ0) is 22.4. The average Bonchev–Trinajstić information content (AvgIpc) is 3.27. The molecule has 5 nitrogen and oxygen atoms in total. The minimum atomic E-state index is -1.32. The summed E-state index contributed by atoms with van der Waals surface area (Å²) in [5.74, 6) is -1.42. The number of aromatic carboxylic acids is 1. The number of halogens is 2. The fraction of sp³-hybridized carbons (Fsp3) is 0.400. The Labute approximate surface area is 190 Å². The van der Waals surface area contributed by atoms with Crippen LogP contribution in [0.2, 0.25) is 0 Å². The third kappa shape index (κ3) is 3.65. The Morgan fingerprint density at radius 2 is 2.06 bits per heavy atom. The molecule has 1 aliphatic carbocycles. The molecule has 0 radical (unpaired) electrons. The molecule has 6 atom stereocenters. The third-order valence-corrected chi connectivity index (χ3v) is 7.42. The number of aliphatic hydroxyl groups is 1. The van der Waals surface area contributed by atoms with Gasteiger partial charge in [0, 0.05) is 23.3 Å². The molecule has 5 rings (SSSR count). The van der Waals surface area contributed by atoms with E-state index in [0.717, 1.165) is 17.7 Å². The Kier molecular flexibility index (Phi) is 5.59. The second-order valence-electron chi connectivity index (χ2n) is 8.74. The molecule has 7 heteroatoms. The van der Waals surface area contributed by atoms with Gasteiger partial charge >= 0.3 is 5.97 Å². The molecule has 0 amide bonds. The van der Waals surface area contributed by atoms with E-state index in [4.69, 9.17) is 21.1 Å². The van der Waals surface area contributed by atoms with Crippen molar-refractivity contribution in [2.24, 2.45) is 11.8 Å². The number of para-hydroxylation sites is 1. The van der Waals surface area contributed by atoms with Gasteiger partial charge < -0.3 is 19.7 Å². The smallest absolute Gasteiger partial charge is 0.338 e. The quantitative estimate of drug-likeness (QED) is 0.519. The molecule has 1 fully saturated rings. The summed E-state index contributed by atoms with van der Waals surface area (Å²) < 4.78 is 26.5. The zero-order valence-electron chi connectivity index (χ0n) is 17.3. The van der Waals surface area contributed by atoms with Gasteiger partial charge in [0.15, 0.2) is 11.6 Å². The lowest BCUT2D eigenvalue weighted by Crippen LogP contribution is -2.24. The highest BCUT2D eigenvalue weighted by atomic mass is 35.5. The van der Waals surface area contributed by atoms with Gasteiger partial charge in [0.2, 0.25) is 0 Å². The minimum Gasteiger partial charge on any atom is -0.493 e. The molecule has 0 spiro atoms. The van der Waals surface area contributed by atoms with Gasteiger partial charge in [-0.1, -0.05) is 36.4 Å². The number of carbonyl (C=O) groups is 1. The van der Waals surface area contributed by atoms with Crippen LogP contribution in [-0.4, -0.2) is 40.4 Å². The van der Waals surface area contributed by atoms with E-state index in [2.05, 4.69) is 0 Å². The molecular weight excluding hydrogens is 435 g/mol. The molecular formula is C25H24ClFO5. The molecule has 2 heterocycles. The van der Waals surface area contributed by atoms with Crippen LogP contribution in [0.1, 0.15) is 40.2 Å². The number of fused-ring (bicyclic) bond motifs is 3. The van der Waals surface area contributed by atoms with Gasteiger partial charge in [-0.3, -0.25) is 0 Å². The number of alkyl halides is 1. The first-order valence-electron chi connectivity index (χ1n) is 10.9. The monoisotopic (exact) mass is 458 g/mol. The second-order valence-corrected chi connectivity index (χ2v) is 9.30. The molecule has 1 saturated carbocycles. The van der Waals surface area contributed by atoms with Crippen LogP contribution in [-0.2, 0) is 6.42 Å². The molecule has 0 bridgehead atoms. The first-order chi connectivity index (χ1) is 15.4. The largest absolute Gasteiger partial charge is 0.493 e. The number of carboxylic acids is 1. The van der Waals surface area contributed by atoms with Crippen LogP contribution in [0.5, 0.6) is 11.5 Å². The normalized spacial score (nSPS) is 29.4. The number of rotatable bonds is 4. The van der Waals surface area contributed by atoms with Crippen molar-refractivity contribution in [2.75, 3.05) is 6.61 Å². The number of benzene rings is 2. The summed E-state index contributed by atoms with van der Waals surface area (Å²) in [6.45, 7) is 0.426. The molecule has 2 aliphatic heterocycles. The van der Waals surface area contributed by atoms with Crippen molar-refractivity contribution < 1.29 is 28.9 Å². The summed E-state index contributed by atoms with van der Waals surface area (Å²) in [5, 5.41) is 19.8. The molecule has 0 saturated heterocycles. The van der Waals surface area contributed by atoms with E-state index in [1.807, 2.05) is 30.3 Å². The highest BCUT2D eigenvalue weighted by Gasteiger charge is 2.44. The van der Waals surface area contributed by atoms with Crippen molar-refractivity contribution in [1.82, 2.24) is 0 Å². The number of hydrogen-bond donors (Lipinski definition) is 2. The summed E-state index contributed by atoms with van der Waals surface area (Å²) in [7, 11) is 0. The van der Waals surface area contributed by atoms with Gasteiger partial charge in [0.1, 0.15) is 11.9 Å². The maximum absolute atomic E-state index is 14.8. The number of carboxylic acid groups (broad SMARTS) is 1. The Bertz CT molecular complexity index is 1070. The predicted molar refractivity (Wildman–Crippen MR) is 117 cm³/mol. The van der Waals surface area contributed by atoms with Crippen molar-refractivity contribution in [3.05, 3.63) is 71.1 Å². The highest BCUT2D eigenvalue weighted by molar-refractivity contribution is 6.21. The van der Waals surface area contributed by atoms with Crippen LogP contribution in [0.15, 0.2) is 48.6 Å². The van der Waals surface area contributed by atoms with Crippen molar-refractivity contribution in [2.45, 2.75) is 42.8 Å². The first kappa shape index (κ1) is 21.3. The number of allylic oxidation sites excluding steroid dienone is 1. The van der Waals surface area contributed by atoms with Gasteiger partial charge in [-0.15, -0.1) is 11.6 Å². The summed E-state index contributed by atoms with van der Waals surface area (Å²) in [6.07, 6.45) is 4.59. The lowest BCUT2D eigenvalue weighted by atomic mass is 9.87. The zero-order valence-corrected chi connectivity index (χ0v) is 18.0. The second kappa shape index (κ2) is 8.41. The standard InChI is InChI=1S/C25H24ClFO5/c26-19-11-22-16(7-5-13-6-8-17(25(29)30)23(27)24(13)32-22)14(19)9-10-20(28)18-12-31-21-4-2-1-3-15(18)21/h1-4,6,8-10,14,16,18-20,22,28H,5,7,11-12H2,(H,29,30)/b10-9+/t14-,16-,18?,19-,20?,22+/m1/s1. The van der Waals surface area contributed by atoms with Gasteiger partial charge in [0.05, 0.1) is 24.2 Å². The van der Waals surface area contributed by atoms with Crippen LogP contribution in [0.25, 0.3) is 0 Å². The minimum absolute atomic E-state index is 0.0330. The van der Waals surface area contributed by atoms with E-state index in [-0.39, 0.29) is 40.5 Å². The molecule has 168 valence electrons. The molecule has 2 unspecified atom stereocenters. The van der Waals surface area contributed by atoms with E-state index in [9.17, 15) is 19.4 Å². The van der Waals surface area contributed by atoms with Crippen molar-refractivity contribution >= 4 is 17.6 Å². The van der Waals surface area contributed by atoms with Crippen molar-refractivity contribution in [1.29, 1.82) is 0 Å². The van der Waals surface area contributed by atoms with Crippen molar-refractivity contribution in [3.8, 4) is 11.5 Å². The average molecular weight is 459 g/mol. The van der Waals surface area contributed by atoms with E-state index in [0.29, 0.717) is 25.0 Å². The highest BCUT2D eigenvalue weighted by Crippen LogP contribution is 2.46. The number of aliphatic hydroxyl groups excluding tert-OH is 1. The van der Waals surface area contributed by atoms with Gasteiger partial charge in [0.25, 0.3) is 0 Å². The summed E-state index contributed by atoms with van der Waals surface area (Å²) in [4.78, 5) is 11.3. The van der Waals surface area contributed by atoms with E-state index in [1.54, 1.807) is 12.1 Å². The van der Waals surface area contributed by atoms with Gasteiger partial charge in [-0.25, -0.2) is 9.18 Å². The Balaban J connectivity index is 1.34. The molecule has 32 heavy (non-hydrogen) atoms. The van der Waals surface area contributed by atoms with E-state index < -0.39 is 17.9 Å².